The van der Waals surface area contributed by atoms with Crippen LogP contribution in [0.15, 0.2) is 36.4 Å². The molecule has 1 aromatic carbocycles. The Labute approximate surface area is 126 Å². The number of nitrogens with two attached hydrogens (primary N) is 1. The van der Waals surface area contributed by atoms with Crippen LogP contribution in [0.3, 0.4) is 0 Å². The van der Waals surface area contributed by atoms with Gasteiger partial charge >= 0.3 is 0 Å². The van der Waals surface area contributed by atoms with Crippen molar-refractivity contribution in [2.45, 2.75) is 32.7 Å². The summed E-state index contributed by atoms with van der Waals surface area (Å²) in [6.45, 7) is 5.61. The van der Waals surface area contributed by atoms with Crippen LogP contribution in [0.25, 0.3) is 11.4 Å². The quantitative estimate of drug-likeness (QED) is 0.917. The lowest BCUT2D eigenvalue weighted by molar-refractivity contribution is 0.376. The normalized spacial score (nSPS) is 22.3. The summed E-state index contributed by atoms with van der Waals surface area (Å²) >= 11 is 0. The van der Waals surface area contributed by atoms with E-state index in [0.29, 0.717) is 17.7 Å². The average Bonchev–Trinajstić information content (AvgIpc) is 2.47. The predicted octanol–water partition coefficient (Wildman–Crippen LogP) is 3.35. The molecule has 21 heavy (non-hydrogen) atoms. The molecule has 110 valence electrons. The number of piperidine rings is 1. The summed E-state index contributed by atoms with van der Waals surface area (Å²) in [5.41, 5.74) is 7.00. The lowest BCUT2D eigenvalue weighted by Gasteiger charge is -2.37. The topological polar surface area (TPSA) is 55.0 Å². The van der Waals surface area contributed by atoms with Gasteiger partial charge in [-0.15, -0.1) is 0 Å². The van der Waals surface area contributed by atoms with Gasteiger partial charge in [0, 0.05) is 24.2 Å². The molecule has 0 amide bonds. The van der Waals surface area contributed by atoms with Crippen molar-refractivity contribution in [1.82, 2.24) is 9.97 Å². The molecule has 0 radical (unpaired) electrons. The molecule has 2 unspecified atom stereocenters. The molecule has 2 atom stereocenters. The molecule has 0 spiro atoms. The van der Waals surface area contributed by atoms with E-state index in [1.165, 1.54) is 12.8 Å². The fourth-order valence-corrected chi connectivity index (χ4v) is 3.06. The van der Waals surface area contributed by atoms with E-state index in [9.17, 15) is 0 Å². The largest absolute Gasteiger partial charge is 0.384 e. The Bertz CT molecular complexity index is 611. The third-order valence-electron chi connectivity index (χ3n) is 4.20. The fraction of sp³-hybridized carbons (Fsp3) is 0.412. The maximum atomic E-state index is 6.00. The molecule has 1 fully saturated rings. The van der Waals surface area contributed by atoms with Crippen molar-refractivity contribution in [3.63, 3.8) is 0 Å². The van der Waals surface area contributed by atoms with Crippen LogP contribution in [0.1, 0.15) is 26.7 Å². The molecule has 0 saturated carbocycles. The second-order valence-corrected chi connectivity index (χ2v) is 6.01. The van der Waals surface area contributed by atoms with Gasteiger partial charge in [0.1, 0.15) is 11.6 Å². The van der Waals surface area contributed by atoms with Crippen LogP contribution in [-0.2, 0) is 0 Å². The van der Waals surface area contributed by atoms with Gasteiger partial charge in [0.15, 0.2) is 5.82 Å². The summed E-state index contributed by atoms with van der Waals surface area (Å²) in [5, 5.41) is 0. The zero-order valence-corrected chi connectivity index (χ0v) is 12.7. The minimum absolute atomic E-state index is 0.492. The third-order valence-corrected chi connectivity index (χ3v) is 4.20. The van der Waals surface area contributed by atoms with Crippen LogP contribution in [0.2, 0.25) is 0 Å². The van der Waals surface area contributed by atoms with Crippen molar-refractivity contribution in [3.05, 3.63) is 36.4 Å². The molecule has 3 rings (SSSR count). The van der Waals surface area contributed by atoms with Crippen molar-refractivity contribution >= 4 is 11.6 Å². The lowest BCUT2D eigenvalue weighted by Crippen LogP contribution is -2.40. The van der Waals surface area contributed by atoms with Gasteiger partial charge in [-0.25, -0.2) is 9.97 Å². The summed E-state index contributed by atoms with van der Waals surface area (Å²) in [4.78, 5) is 11.5. The second-order valence-electron chi connectivity index (χ2n) is 6.01. The van der Waals surface area contributed by atoms with Crippen LogP contribution in [0.4, 0.5) is 11.6 Å². The fourth-order valence-electron chi connectivity index (χ4n) is 3.06. The van der Waals surface area contributed by atoms with Crippen molar-refractivity contribution in [1.29, 1.82) is 0 Å². The van der Waals surface area contributed by atoms with Gasteiger partial charge in [-0.05, 0) is 25.7 Å². The number of nitrogens with zero attached hydrogens (tertiary/aromatic N) is 3. The SMILES string of the molecule is CC1CCN(c2cc(N)nc(-c3ccccc3)n2)C(C)C1. The Morgan fingerprint density at radius 1 is 1.14 bits per heavy atom. The minimum atomic E-state index is 0.492. The van der Waals surface area contributed by atoms with Gasteiger partial charge in [0.2, 0.25) is 0 Å². The number of rotatable bonds is 2. The molecule has 0 aliphatic carbocycles. The van der Waals surface area contributed by atoms with Gasteiger partial charge in [0.25, 0.3) is 0 Å². The van der Waals surface area contributed by atoms with E-state index in [1.54, 1.807) is 0 Å². The van der Waals surface area contributed by atoms with Crippen LogP contribution >= 0.6 is 0 Å². The lowest BCUT2D eigenvalue weighted by atomic mass is 9.93. The average molecular weight is 282 g/mol. The first-order chi connectivity index (χ1) is 10.1. The van der Waals surface area contributed by atoms with E-state index >= 15 is 0 Å². The molecule has 1 aliphatic heterocycles. The van der Waals surface area contributed by atoms with E-state index in [-0.39, 0.29) is 0 Å². The van der Waals surface area contributed by atoms with E-state index in [4.69, 9.17) is 10.7 Å². The second kappa shape index (κ2) is 5.72. The smallest absolute Gasteiger partial charge is 0.163 e. The number of anilines is 2. The highest BCUT2D eigenvalue weighted by atomic mass is 15.2. The zero-order chi connectivity index (χ0) is 14.8. The first-order valence-electron chi connectivity index (χ1n) is 7.60. The highest BCUT2D eigenvalue weighted by Gasteiger charge is 2.24. The summed E-state index contributed by atoms with van der Waals surface area (Å²) in [6.07, 6.45) is 2.40. The van der Waals surface area contributed by atoms with Gasteiger partial charge in [-0.3, -0.25) is 0 Å². The minimum Gasteiger partial charge on any atom is -0.384 e. The number of hydrogen-bond acceptors (Lipinski definition) is 4. The zero-order valence-electron chi connectivity index (χ0n) is 12.7. The van der Waals surface area contributed by atoms with Crippen LogP contribution in [0, 0.1) is 5.92 Å². The van der Waals surface area contributed by atoms with Crippen molar-refractivity contribution < 1.29 is 0 Å². The maximum absolute atomic E-state index is 6.00. The van der Waals surface area contributed by atoms with Crippen molar-refractivity contribution in [2.75, 3.05) is 17.2 Å². The van der Waals surface area contributed by atoms with E-state index < -0.39 is 0 Å². The molecule has 0 bridgehead atoms. The Morgan fingerprint density at radius 2 is 1.90 bits per heavy atom. The highest BCUT2D eigenvalue weighted by molar-refractivity contribution is 5.61. The van der Waals surface area contributed by atoms with Crippen molar-refractivity contribution in [2.24, 2.45) is 5.92 Å². The van der Waals surface area contributed by atoms with Gasteiger partial charge in [-0.1, -0.05) is 37.3 Å². The summed E-state index contributed by atoms with van der Waals surface area (Å²) in [6, 6.07) is 12.4. The summed E-state index contributed by atoms with van der Waals surface area (Å²) in [7, 11) is 0. The van der Waals surface area contributed by atoms with Crippen LogP contribution in [-0.4, -0.2) is 22.6 Å². The van der Waals surface area contributed by atoms with Crippen LogP contribution < -0.4 is 10.6 Å². The molecule has 1 saturated heterocycles. The molecule has 2 N–H and O–H groups in total. The Hall–Kier alpha value is -2.10. The van der Waals surface area contributed by atoms with Gasteiger partial charge in [0.05, 0.1) is 0 Å². The Balaban J connectivity index is 1.95. The molecule has 4 nitrogen and oxygen atoms in total. The Morgan fingerprint density at radius 3 is 2.62 bits per heavy atom. The first kappa shape index (κ1) is 13.9. The molecule has 1 aromatic heterocycles. The standard InChI is InChI=1S/C17H22N4/c1-12-8-9-21(13(2)10-12)16-11-15(18)19-17(20-16)14-6-4-3-5-7-14/h3-7,11-13H,8-10H2,1-2H3,(H2,18,19,20). The van der Waals surface area contributed by atoms with E-state index in [0.717, 1.165) is 23.8 Å². The molecular weight excluding hydrogens is 260 g/mol. The van der Waals surface area contributed by atoms with Gasteiger partial charge < -0.3 is 10.6 Å². The van der Waals surface area contributed by atoms with Crippen molar-refractivity contribution in [3.8, 4) is 11.4 Å². The predicted molar refractivity (Wildman–Crippen MR) is 87.1 cm³/mol. The van der Waals surface area contributed by atoms with Gasteiger partial charge in [-0.2, -0.15) is 0 Å². The number of nitrogen functional groups attached to an aromatic ring is 1. The number of benzene rings is 1. The first-order valence-corrected chi connectivity index (χ1v) is 7.60. The molecular formula is C17H22N4. The number of aromatic nitrogens is 2. The molecule has 1 aliphatic rings. The molecule has 2 heterocycles. The molecule has 4 heteroatoms. The van der Waals surface area contributed by atoms with E-state index in [1.807, 2.05) is 36.4 Å². The van der Waals surface area contributed by atoms with E-state index in [2.05, 4.69) is 23.7 Å². The number of hydrogen-bond donors (Lipinski definition) is 1. The summed E-state index contributed by atoms with van der Waals surface area (Å²) < 4.78 is 0. The Kier molecular flexibility index (Phi) is 3.78. The molecule has 2 aromatic rings. The maximum Gasteiger partial charge on any atom is 0.163 e. The monoisotopic (exact) mass is 282 g/mol. The third kappa shape index (κ3) is 2.99. The van der Waals surface area contributed by atoms with Crippen LogP contribution in [0.5, 0.6) is 0 Å². The summed E-state index contributed by atoms with van der Waals surface area (Å²) in [5.74, 6) is 2.96. The highest BCUT2D eigenvalue weighted by Crippen LogP contribution is 2.28.